The highest BCUT2D eigenvalue weighted by atomic mass is 16.5. The predicted molar refractivity (Wildman–Crippen MR) is 181 cm³/mol. The average Bonchev–Trinajstić information content (AvgIpc) is 3.53. The molecule has 0 bridgehead atoms. The molecule has 3 amide bonds. The van der Waals surface area contributed by atoms with Crippen LogP contribution in [-0.4, -0.2) is 137 Å². The zero-order valence-electron chi connectivity index (χ0n) is 30.0. The summed E-state index contributed by atoms with van der Waals surface area (Å²) in [6.07, 6.45) is 6.23. The van der Waals surface area contributed by atoms with Crippen LogP contribution in [0.2, 0.25) is 0 Å². The molecule has 1 aromatic rings. The number of carbonyl (C=O) groups excluding carboxylic acids is 4. The molecule has 49 heavy (non-hydrogen) atoms. The van der Waals surface area contributed by atoms with Gasteiger partial charge < -0.3 is 44.4 Å². The Labute approximate surface area is 291 Å². The van der Waals surface area contributed by atoms with Crippen molar-refractivity contribution >= 4 is 23.5 Å². The lowest BCUT2D eigenvalue weighted by atomic mass is 10.1. The van der Waals surface area contributed by atoms with Crippen LogP contribution in [0.4, 0.5) is 0 Å². The molecule has 0 saturated heterocycles. The highest BCUT2D eigenvalue weighted by Crippen LogP contribution is 2.07. The number of carbonyl (C=O) groups is 4. The van der Waals surface area contributed by atoms with Gasteiger partial charge in [0.2, 0.25) is 17.7 Å². The summed E-state index contributed by atoms with van der Waals surface area (Å²) >= 11 is 0. The van der Waals surface area contributed by atoms with Crippen LogP contribution in [0, 0.1) is 11.8 Å². The summed E-state index contributed by atoms with van der Waals surface area (Å²) in [6.45, 7) is 12.6. The van der Waals surface area contributed by atoms with Gasteiger partial charge in [-0.15, -0.1) is 5.10 Å². The molecule has 0 unspecified atom stereocenters. The SMILES string of the molecule is CC(C)CCCCn1cc(CCC(=O)NCCOCCOCC(=O)NCCOCCOCC(=O)NCCOCCOCC(=O)C(C)C)nn1. The lowest BCUT2D eigenvalue weighted by Crippen LogP contribution is -2.32. The molecule has 282 valence electrons. The number of ether oxygens (including phenoxy) is 6. The van der Waals surface area contributed by atoms with Crippen LogP contribution in [0.15, 0.2) is 6.20 Å². The van der Waals surface area contributed by atoms with Gasteiger partial charge in [-0.2, -0.15) is 0 Å². The maximum Gasteiger partial charge on any atom is 0.246 e. The highest BCUT2D eigenvalue weighted by molar-refractivity contribution is 5.81. The molecule has 0 aliphatic rings. The van der Waals surface area contributed by atoms with Gasteiger partial charge in [0, 0.05) is 51.1 Å². The fourth-order valence-electron chi connectivity index (χ4n) is 3.94. The largest absolute Gasteiger partial charge is 0.377 e. The Morgan fingerprint density at radius 1 is 0.653 bits per heavy atom. The second kappa shape index (κ2) is 29.9. The van der Waals surface area contributed by atoms with E-state index >= 15 is 0 Å². The van der Waals surface area contributed by atoms with Crippen molar-refractivity contribution in [2.24, 2.45) is 11.8 Å². The maximum absolute atomic E-state index is 12.1. The Hall–Kier alpha value is -3.02. The molecule has 0 fully saturated rings. The van der Waals surface area contributed by atoms with Crippen molar-refractivity contribution in [2.75, 3.05) is 98.9 Å². The molecule has 0 aliphatic heterocycles. The first-order chi connectivity index (χ1) is 23.7. The number of Topliss-reactive ketones (excluding diaryl/α,β-unsaturated/α-hetero) is 1. The monoisotopic (exact) mass is 700 g/mol. The zero-order chi connectivity index (χ0) is 36.0. The molecular weight excluding hydrogens is 640 g/mol. The van der Waals surface area contributed by atoms with Crippen LogP contribution in [0.25, 0.3) is 0 Å². The number of rotatable bonds is 33. The quantitative estimate of drug-likeness (QED) is 0.0873. The number of unbranched alkanes of at least 4 members (excludes halogenated alkanes) is 1. The van der Waals surface area contributed by atoms with E-state index in [1.54, 1.807) is 0 Å². The summed E-state index contributed by atoms with van der Waals surface area (Å²) in [5.41, 5.74) is 0.809. The summed E-state index contributed by atoms with van der Waals surface area (Å²) in [4.78, 5) is 47.1. The molecule has 0 radical (unpaired) electrons. The van der Waals surface area contributed by atoms with Gasteiger partial charge in [-0.1, -0.05) is 45.7 Å². The molecule has 0 saturated carbocycles. The number of nitrogens with one attached hydrogen (secondary N) is 3. The van der Waals surface area contributed by atoms with Crippen LogP contribution < -0.4 is 16.0 Å². The minimum absolute atomic E-state index is 0.0466. The van der Waals surface area contributed by atoms with Gasteiger partial charge in [0.15, 0.2) is 5.78 Å². The molecule has 0 atom stereocenters. The minimum atomic E-state index is -0.271. The number of aryl methyl sites for hydroxylation is 2. The second-order valence-electron chi connectivity index (χ2n) is 12.0. The third kappa shape index (κ3) is 27.5. The van der Waals surface area contributed by atoms with Gasteiger partial charge in [0.1, 0.15) is 19.8 Å². The molecule has 0 aromatic carbocycles. The molecule has 1 aromatic heterocycles. The van der Waals surface area contributed by atoms with Gasteiger partial charge in [-0.25, -0.2) is 0 Å². The Bertz CT molecular complexity index is 1020. The van der Waals surface area contributed by atoms with Gasteiger partial charge in [-0.05, 0) is 12.3 Å². The third-order valence-corrected chi connectivity index (χ3v) is 6.79. The van der Waals surface area contributed by atoms with Gasteiger partial charge >= 0.3 is 0 Å². The Morgan fingerprint density at radius 2 is 1.14 bits per heavy atom. The van der Waals surface area contributed by atoms with Crippen LogP contribution in [0.3, 0.4) is 0 Å². The van der Waals surface area contributed by atoms with Crippen molar-refractivity contribution in [1.29, 1.82) is 0 Å². The van der Waals surface area contributed by atoms with Crippen molar-refractivity contribution in [2.45, 2.75) is 66.3 Å². The smallest absolute Gasteiger partial charge is 0.246 e. The van der Waals surface area contributed by atoms with E-state index in [4.69, 9.17) is 28.4 Å². The van der Waals surface area contributed by atoms with E-state index in [2.05, 4.69) is 40.1 Å². The molecule has 0 spiro atoms. The van der Waals surface area contributed by atoms with Crippen molar-refractivity contribution in [3.8, 4) is 0 Å². The fourth-order valence-corrected chi connectivity index (χ4v) is 3.94. The van der Waals surface area contributed by atoms with Crippen molar-refractivity contribution in [1.82, 2.24) is 30.9 Å². The average molecular weight is 701 g/mol. The molecular formula is C33H60N6O10. The van der Waals surface area contributed by atoms with Crippen LogP contribution >= 0.6 is 0 Å². The Kier molecular flexibility index (Phi) is 26.8. The first kappa shape index (κ1) is 44.0. The predicted octanol–water partition coefficient (Wildman–Crippen LogP) is 0.710. The number of amides is 3. The normalized spacial score (nSPS) is 11.3. The standard InChI is InChI=1S/C33H60N6O10/c1-27(2)7-5-6-13-39-23-29(37-38-39)8-9-31(41)34-10-14-44-18-21-48-25-33(43)36-12-16-46-19-22-49-26-32(42)35-11-15-45-17-20-47-24-30(40)28(3)4/h23,27-28H,5-22,24-26H2,1-4H3,(H,34,41)(H,35,42)(H,36,43). The van der Waals surface area contributed by atoms with Gasteiger partial charge in [0.25, 0.3) is 0 Å². The third-order valence-electron chi connectivity index (χ3n) is 6.79. The van der Waals surface area contributed by atoms with Crippen molar-refractivity contribution < 1.29 is 47.6 Å². The van der Waals surface area contributed by atoms with Gasteiger partial charge in [-0.3, -0.25) is 23.9 Å². The topological polar surface area (TPSA) is 190 Å². The summed E-state index contributed by atoms with van der Waals surface area (Å²) in [6, 6.07) is 0. The molecule has 1 rings (SSSR count). The van der Waals surface area contributed by atoms with Crippen molar-refractivity contribution in [3.05, 3.63) is 11.9 Å². The first-order valence-corrected chi connectivity index (χ1v) is 17.4. The molecule has 16 heteroatoms. The maximum atomic E-state index is 12.1. The molecule has 1 heterocycles. The lowest BCUT2D eigenvalue weighted by Gasteiger charge is -2.09. The summed E-state index contributed by atoms with van der Waals surface area (Å²) in [7, 11) is 0. The Morgan fingerprint density at radius 3 is 1.65 bits per heavy atom. The van der Waals surface area contributed by atoms with Crippen LogP contribution in [-0.2, 0) is 60.6 Å². The van der Waals surface area contributed by atoms with E-state index in [-0.39, 0.29) is 69.1 Å². The number of hydrogen-bond acceptors (Lipinski definition) is 12. The molecule has 0 aliphatic carbocycles. The molecule has 3 N–H and O–H groups in total. The first-order valence-electron chi connectivity index (χ1n) is 17.4. The summed E-state index contributed by atoms with van der Waals surface area (Å²) in [5.74, 6) is 0.106. The number of hydrogen-bond donors (Lipinski definition) is 3. The van der Waals surface area contributed by atoms with E-state index in [0.717, 1.165) is 18.7 Å². The summed E-state index contributed by atoms with van der Waals surface area (Å²) in [5, 5.41) is 16.5. The van der Waals surface area contributed by atoms with Crippen LogP contribution in [0.5, 0.6) is 0 Å². The van der Waals surface area contributed by atoms with Crippen LogP contribution in [0.1, 0.15) is 59.1 Å². The molecule has 16 nitrogen and oxygen atoms in total. The minimum Gasteiger partial charge on any atom is -0.377 e. The number of ketones is 1. The highest BCUT2D eigenvalue weighted by Gasteiger charge is 2.08. The van der Waals surface area contributed by atoms with E-state index in [0.29, 0.717) is 78.0 Å². The fraction of sp³-hybridized carbons (Fsp3) is 0.818. The zero-order valence-corrected chi connectivity index (χ0v) is 30.0. The van der Waals surface area contributed by atoms with E-state index in [9.17, 15) is 19.2 Å². The number of aromatic nitrogens is 3. The van der Waals surface area contributed by atoms with Crippen molar-refractivity contribution in [3.63, 3.8) is 0 Å². The second-order valence-corrected chi connectivity index (χ2v) is 12.0. The van der Waals surface area contributed by atoms with E-state index in [1.165, 1.54) is 12.8 Å². The summed E-state index contributed by atoms with van der Waals surface area (Å²) < 4.78 is 33.8. The van der Waals surface area contributed by atoms with E-state index in [1.807, 2.05) is 24.7 Å². The van der Waals surface area contributed by atoms with E-state index < -0.39 is 0 Å². The Balaban J connectivity index is 1.83. The number of nitrogens with zero attached hydrogens (tertiary/aromatic N) is 3. The lowest BCUT2D eigenvalue weighted by molar-refractivity contribution is -0.128. The van der Waals surface area contributed by atoms with Gasteiger partial charge in [0.05, 0.1) is 65.2 Å².